The first-order valence-corrected chi connectivity index (χ1v) is 8.84. The highest BCUT2D eigenvalue weighted by Crippen LogP contribution is 2.27. The van der Waals surface area contributed by atoms with Crippen LogP contribution >= 0.6 is 11.5 Å². The van der Waals surface area contributed by atoms with E-state index in [1.165, 1.54) is 16.1 Å². The Balaban J connectivity index is 1.58. The number of alkyl halides is 3. The maximum atomic E-state index is 12.6. The van der Waals surface area contributed by atoms with Crippen molar-refractivity contribution in [3.8, 4) is 0 Å². The maximum absolute atomic E-state index is 12.6. The normalized spacial score (nSPS) is 16.2. The number of methoxy groups -OCH3 is 1. The molecule has 0 radical (unpaired) electrons. The highest BCUT2D eigenvalue weighted by Gasteiger charge is 2.33. The topological polar surface area (TPSA) is 73.1 Å². The average Bonchev–Trinajstić information content (AvgIpc) is 3.05. The molecule has 1 aliphatic rings. The van der Waals surface area contributed by atoms with E-state index in [-0.39, 0.29) is 5.92 Å². The monoisotopic (exact) mass is 389 g/mol. The first kappa shape index (κ1) is 18.8. The van der Waals surface area contributed by atoms with Crippen molar-refractivity contribution in [2.24, 2.45) is 5.92 Å². The van der Waals surface area contributed by atoms with Crippen molar-refractivity contribution >= 4 is 16.7 Å². The van der Waals surface area contributed by atoms with Crippen LogP contribution in [0.2, 0.25) is 0 Å². The summed E-state index contributed by atoms with van der Waals surface area (Å²) in [6.07, 6.45) is -1.99. The molecule has 0 aromatic carbocycles. The molecule has 1 saturated heterocycles. The second kappa shape index (κ2) is 7.70. The molecule has 142 valence electrons. The molecule has 0 saturated carbocycles. The predicted octanol–water partition coefficient (Wildman–Crippen LogP) is 2.18. The van der Waals surface area contributed by atoms with E-state index < -0.39 is 17.4 Å². The van der Waals surface area contributed by atoms with E-state index in [0.29, 0.717) is 25.0 Å². The van der Waals surface area contributed by atoms with Crippen LogP contribution in [0.25, 0.3) is 0 Å². The molecule has 26 heavy (non-hydrogen) atoms. The molecule has 0 unspecified atom stereocenters. The van der Waals surface area contributed by atoms with Gasteiger partial charge in [0.05, 0.1) is 6.33 Å². The first-order valence-electron chi connectivity index (χ1n) is 8.07. The molecule has 0 aliphatic carbocycles. The molecule has 2 aromatic rings. The van der Waals surface area contributed by atoms with E-state index in [9.17, 15) is 18.0 Å². The number of nitrogens with zero attached hydrogens (tertiary/aromatic N) is 5. The fourth-order valence-electron chi connectivity index (χ4n) is 2.86. The van der Waals surface area contributed by atoms with E-state index in [0.717, 1.165) is 37.4 Å². The third kappa shape index (κ3) is 4.39. The van der Waals surface area contributed by atoms with Crippen LogP contribution in [0.5, 0.6) is 0 Å². The van der Waals surface area contributed by atoms with Crippen LogP contribution < -0.4 is 10.5 Å². The van der Waals surface area contributed by atoms with Gasteiger partial charge in [0.1, 0.15) is 6.61 Å². The molecule has 0 spiro atoms. The number of anilines is 1. The van der Waals surface area contributed by atoms with Crippen molar-refractivity contribution in [1.82, 2.24) is 18.9 Å². The second-order valence-corrected chi connectivity index (χ2v) is 6.85. The summed E-state index contributed by atoms with van der Waals surface area (Å²) in [6, 6.07) is 0.549. The average molecular weight is 389 g/mol. The zero-order valence-electron chi connectivity index (χ0n) is 14.1. The SMILES string of the molecule is COCc1nsc(N2CCC(Cn3cnc(C(F)(F)F)cc3=O)CC2)n1. The summed E-state index contributed by atoms with van der Waals surface area (Å²) < 4.78 is 48.2. The lowest BCUT2D eigenvalue weighted by Gasteiger charge is -2.31. The van der Waals surface area contributed by atoms with Gasteiger partial charge in [0.2, 0.25) is 5.13 Å². The van der Waals surface area contributed by atoms with Gasteiger partial charge in [-0.05, 0) is 18.8 Å². The molecular formula is C15H18F3N5O2S. The van der Waals surface area contributed by atoms with Crippen LogP contribution in [0, 0.1) is 5.92 Å². The molecule has 2 aromatic heterocycles. The van der Waals surface area contributed by atoms with Gasteiger partial charge in [-0.1, -0.05) is 0 Å². The van der Waals surface area contributed by atoms with Gasteiger partial charge in [-0.25, -0.2) is 9.97 Å². The molecule has 1 aliphatic heterocycles. The Morgan fingerprint density at radius 3 is 2.69 bits per heavy atom. The highest BCUT2D eigenvalue weighted by atomic mass is 32.1. The van der Waals surface area contributed by atoms with Gasteiger partial charge in [0.25, 0.3) is 5.56 Å². The predicted molar refractivity (Wildman–Crippen MR) is 89.1 cm³/mol. The van der Waals surface area contributed by atoms with Gasteiger partial charge in [0.15, 0.2) is 11.5 Å². The standard InChI is InChI=1S/C15H18F3N5O2S/c1-25-8-12-20-14(26-21-12)22-4-2-10(3-5-22)7-23-9-19-11(6-13(23)24)15(16,17)18/h6,9-10H,2-5,7-8H2,1H3. The number of aromatic nitrogens is 4. The van der Waals surface area contributed by atoms with Crippen molar-refractivity contribution in [2.75, 3.05) is 25.1 Å². The largest absolute Gasteiger partial charge is 0.433 e. The van der Waals surface area contributed by atoms with Crippen molar-refractivity contribution < 1.29 is 17.9 Å². The number of ether oxygens (including phenoxy) is 1. The fourth-order valence-corrected chi connectivity index (χ4v) is 3.59. The van der Waals surface area contributed by atoms with E-state index in [1.54, 1.807) is 7.11 Å². The van der Waals surface area contributed by atoms with Crippen LogP contribution in [0.15, 0.2) is 17.2 Å². The number of piperidine rings is 1. The summed E-state index contributed by atoms with van der Waals surface area (Å²) in [7, 11) is 1.59. The quantitative estimate of drug-likeness (QED) is 0.781. The molecule has 0 atom stereocenters. The maximum Gasteiger partial charge on any atom is 0.433 e. The summed E-state index contributed by atoms with van der Waals surface area (Å²) in [6.45, 7) is 2.25. The Bertz CT molecular complexity index is 799. The van der Waals surface area contributed by atoms with Crippen molar-refractivity contribution in [2.45, 2.75) is 32.2 Å². The summed E-state index contributed by atoms with van der Waals surface area (Å²) in [5.41, 5.74) is -1.83. The van der Waals surface area contributed by atoms with Gasteiger partial charge < -0.3 is 9.64 Å². The minimum atomic E-state index is -4.60. The Morgan fingerprint density at radius 2 is 2.08 bits per heavy atom. The lowest BCUT2D eigenvalue weighted by atomic mass is 9.97. The number of hydrogen-bond acceptors (Lipinski definition) is 7. The molecule has 0 N–H and O–H groups in total. The summed E-state index contributed by atoms with van der Waals surface area (Å²) >= 11 is 1.32. The van der Waals surface area contributed by atoms with Crippen LogP contribution in [-0.2, 0) is 24.1 Å². The van der Waals surface area contributed by atoms with Crippen molar-refractivity contribution in [3.63, 3.8) is 0 Å². The third-order valence-electron chi connectivity index (χ3n) is 4.24. The zero-order chi connectivity index (χ0) is 18.7. The van der Waals surface area contributed by atoms with Crippen molar-refractivity contribution in [3.05, 3.63) is 34.3 Å². The molecule has 3 rings (SSSR count). The Kier molecular flexibility index (Phi) is 5.56. The highest BCUT2D eigenvalue weighted by molar-refractivity contribution is 7.09. The number of hydrogen-bond donors (Lipinski definition) is 0. The molecular weight excluding hydrogens is 371 g/mol. The zero-order valence-corrected chi connectivity index (χ0v) is 14.9. The van der Waals surface area contributed by atoms with Crippen LogP contribution in [0.4, 0.5) is 18.3 Å². The minimum Gasteiger partial charge on any atom is -0.377 e. The number of rotatable bonds is 5. The molecule has 0 amide bonds. The van der Waals surface area contributed by atoms with E-state index in [4.69, 9.17) is 4.74 Å². The molecule has 7 nitrogen and oxygen atoms in total. The van der Waals surface area contributed by atoms with Crippen LogP contribution in [0.1, 0.15) is 24.4 Å². The first-order chi connectivity index (χ1) is 12.4. The van der Waals surface area contributed by atoms with Crippen LogP contribution in [0.3, 0.4) is 0 Å². The smallest absolute Gasteiger partial charge is 0.377 e. The Hall–Kier alpha value is -2.01. The number of halogens is 3. The van der Waals surface area contributed by atoms with E-state index >= 15 is 0 Å². The summed E-state index contributed by atoms with van der Waals surface area (Å²) in [4.78, 5) is 21.8. The van der Waals surface area contributed by atoms with Gasteiger partial charge in [-0.2, -0.15) is 17.5 Å². The molecule has 11 heteroatoms. The van der Waals surface area contributed by atoms with E-state index in [1.807, 2.05) is 0 Å². The Labute approximate surface area is 151 Å². The molecule has 3 heterocycles. The van der Waals surface area contributed by atoms with Gasteiger partial charge in [0, 0.05) is 44.3 Å². The fraction of sp³-hybridized carbons (Fsp3) is 0.600. The third-order valence-corrected chi connectivity index (χ3v) is 5.06. The lowest BCUT2D eigenvalue weighted by Crippen LogP contribution is -2.36. The minimum absolute atomic E-state index is 0.203. The van der Waals surface area contributed by atoms with Gasteiger partial charge in [-0.15, -0.1) is 0 Å². The lowest BCUT2D eigenvalue weighted by molar-refractivity contribution is -0.141. The summed E-state index contributed by atoms with van der Waals surface area (Å²) in [5.74, 6) is 0.853. The molecule has 1 fully saturated rings. The molecule has 0 bridgehead atoms. The van der Waals surface area contributed by atoms with Gasteiger partial charge in [-0.3, -0.25) is 9.36 Å². The summed E-state index contributed by atoms with van der Waals surface area (Å²) in [5, 5.41) is 0.837. The van der Waals surface area contributed by atoms with E-state index in [2.05, 4.69) is 19.2 Å². The van der Waals surface area contributed by atoms with Gasteiger partial charge >= 0.3 is 6.18 Å². The Morgan fingerprint density at radius 1 is 1.35 bits per heavy atom. The van der Waals surface area contributed by atoms with Crippen molar-refractivity contribution in [1.29, 1.82) is 0 Å². The second-order valence-electron chi connectivity index (χ2n) is 6.12. The van der Waals surface area contributed by atoms with Crippen LogP contribution in [-0.4, -0.2) is 39.1 Å².